The molecular weight excluding hydrogens is 340 g/mol. The normalized spacial score (nSPS) is 10.4. The zero-order valence-electron chi connectivity index (χ0n) is 14.3. The van der Waals surface area contributed by atoms with Crippen molar-refractivity contribution >= 4 is 11.6 Å². The molecule has 1 aromatic heterocycles. The predicted molar refractivity (Wildman–Crippen MR) is 103 cm³/mol. The van der Waals surface area contributed by atoms with Crippen LogP contribution in [-0.2, 0) is 0 Å². The van der Waals surface area contributed by atoms with Gasteiger partial charge in [-0.05, 0) is 36.4 Å². The lowest BCUT2D eigenvalue weighted by molar-refractivity contribution is 0.102. The number of hydrogen-bond donors (Lipinski definition) is 1. The van der Waals surface area contributed by atoms with E-state index >= 15 is 0 Å². The van der Waals surface area contributed by atoms with E-state index in [9.17, 15) is 4.79 Å². The second kappa shape index (κ2) is 7.58. The molecule has 0 atom stereocenters. The summed E-state index contributed by atoms with van der Waals surface area (Å²) < 4.78 is 11.1. The van der Waals surface area contributed by atoms with Crippen LogP contribution in [-0.4, -0.2) is 10.9 Å². The van der Waals surface area contributed by atoms with Crippen LogP contribution in [0.1, 0.15) is 10.4 Å². The molecule has 1 N–H and O–H groups in total. The summed E-state index contributed by atoms with van der Waals surface area (Å²) in [7, 11) is 0. The first-order valence-corrected chi connectivity index (χ1v) is 8.42. The number of hydrogen-bond acceptors (Lipinski definition) is 4. The van der Waals surface area contributed by atoms with Crippen LogP contribution in [0, 0.1) is 0 Å². The number of amides is 1. The van der Waals surface area contributed by atoms with Crippen LogP contribution >= 0.6 is 0 Å². The van der Waals surface area contributed by atoms with E-state index < -0.39 is 0 Å². The molecule has 0 unspecified atom stereocenters. The van der Waals surface area contributed by atoms with Gasteiger partial charge < -0.3 is 14.5 Å². The van der Waals surface area contributed by atoms with Gasteiger partial charge in [-0.3, -0.25) is 4.79 Å². The number of rotatable bonds is 5. The average molecular weight is 356 g/mol. The molecule has 1 heterocycles. The number of aromatic nitrogens is 1. The van der Waals surface area contributed by atoms with Gasteiger partial charge in [-0.1, -0.05) is 42.5 Å². The fourth-order valence-electron chi connectivity index (χ4n) is 2.61. The molecule has 0 aliphatic heterocycles. The van der Waals surface area contributed by atoms with E-state index in [4.69, 9.17) is 9.15 Å². The molecule has 0 bridgehead atoms. The Morgan fingerprint density at radius 1 is 0.889 bits per heavy atom. The number of carbonyl (C=O) groups excluding carboxylic acids is 1. The Bertz CT molecular complexity index is 1030. The Morgan fingerprint density at radius 2 is 1.63 bits per heavy atom. The molecule has 4 rings (SSSR count). The highest BCUT2D eigenvalue weighted by atomic mass is 16.5. The summed E-state index contributed by atoms with van der Waals surface area (Å²) in [5, 5.41) is 2.90. The minimum atomic E-state index is -0.219. The molecular formula is C22H16N2O3. The molecule has 0 aliphatic rings. The van der Waals surface area contributed by atoms with Crippen LogP contribution < -0.4 is 10.1 Å². The van der Waals surface area contributed by atoms with Gasteiger partial charge in [0.2, 0.25) is 0 Å². The van der Waals surface area contributed by atoms with Gasteiger partial charge in [-0.2, -0.15) is 0 Å². The van der Waals surface area contributed by atoms with Gasteiger partial charge in [0.15, 0.2) is 17.9 Å². The Labute approximate surface area is 156 Å². The summed E-state index contributed by atoms with van der Waals surface area (Å²) in [6.07, 6.45) is 3.01. The number of oxazole rings is 1. The average Bonchev–Trinajstić information content (AvgIpc) is 3.25. The van der Waals surface area contributed by atoms with Crippen molar-refractivity contribution in [3.05, 3.63) is 97.0 Å². The third-order valence-electron chi connectivity index (χ3n) is 3.97. The van der Waals surface area contributed by atoms with Crippen molar-refractivity contribution in [3.8, 4) is 22.8 Å². The Morgan fingerprint density at radius 3 is 2.37 bits per heavy atom. The van der Waals surface area contributed by atoms with E-state index in [0.29, 0.717) is 28.5 Å². The number of nitrogens with zero attached hydrogens (tertiary/aromatic N) is 1. The Hall–Kier alpha value is -3.86. The molecule has 0 saturated carbocycles. The molecule has 0 aliphatic carbocycles. The first-order chi connectivity index (χ1) is 13.3. The SMILES string of the molecule is O=C(Nc1ccccc1Oc1ccccc1)c1ccc(-c2cnco2)cc1. The first-order valence-electron chi connectivity index (χ1n) is 8.42. The largest absolute Gasteiger partial charge is 0.455 e. The lowest BCUT2D eigenvalue weighted by atomic mass is 10.1. The summed E-state index contributed by atoms with van der Waals surface area (Å²) in [6, 6.07) is 23.9. The highest BCUT2D eigenvalue weighted by molar-refractivity contribution is 6.05. The maximum absolute atomic E-state index is 12.6. The van der Waals surface area contributed by atoms with Crippen LogP contribution in [0.3, 0.4) is 0 Å². The maximum Gasteiger partial charge on any atom is 0.255 e. The van der Waals surface area contributed by atoms with Crippen molar-refractivity contribution in [1.29, 1.82) is 0 Å². The molecule has 0 saturated heterocycles. The van der Waals surface area contributed by atoms with Crippen LogP contribution in [0.25, 0.3) is 11.3 Å². The molecule has 132 valence electrons. The monoisotopic (exact) mass is 356 g/mol. The highest BCUT2D eigenvalue weighted by Crippen LogP contribution is 2.29. The molecule has 0 spiro atoms. The molecule has 3 aromatic carbocycles. The van der Waals surface area contributed by atoms with E-state index in [1.54, 1.807) is 24.4 Å². The number of anilines is 1. The van der Waals surface area contributed by atoms with E-state index in [1.165, 1.54) is 6.39 Å². The predicted octanol–water partition coefficient (Wildman–Crippen LogP) is 5.39. The quantitative estimate of drug-likeness (QED) is 0.521. The number of para-hydroxylation sites is 3. The number of ether oxygens (including phenoxy) is 1. The van der Waals surface area contributed by atoms with E-state index in [-0.39, 0.29) is 5.91 Å². The van der Waals surface area contributed by atoms with Crippen LogP contribution in [0.2, 0.25) is 0 Å². The molecule has 5 heteroatoms. The lowest BCUT2D eigenvalue weighted by Gasteiger charge is -2.12. The Kier molecular flexibility index (Phi) is 4.66. The summed E-state index contributed by atoms with van der Waals surface area (Å²) in [5.41, 5.74) is 2.00. The van der Waals surface area contributed by atoms with Gasteiger partial charge in [-0.25, -0.2) is 4.98 Å². The standard InChI is InChI=1S/C22H16N2O3/c25-22(17-12-10-16(11-13-17)21-14-23-15-26-21)24-19-8-4-5-9-20(19)27-18-6-2-1-3-7-18/h1-15H,(H,24,25). The van der Waals surface area contributed by atoms with Crippen LogP contribution in [0.15, 0.2) is 95.9 Å². The molecule has 4 aromatic rings. The van der Waals surface area contributed by atoms with E-state index in [2.05, 4.69) is 10.3 Å². The molecule has 0 fully saturated rings. The zero-order chi connectivity index (χ0) is 18.5. The second-order valence-electron chi connectivity index (χ2n) is 5.81. The topological polar surface area (TPSA) is 64.4 Å². The van der Waals surface area contributed by atoms with Gasteiger partial charge in [0.1, 0.15) is 5.75 Å². The van der Waals surface area contributed by atoms with Crippen molar-refractivity contribution in [1.82, 2.24) is 4.98 Å². The minimum absolute atomic E-state index is 0.219. The highest BCUT2D eigenvalue weighted by Gasteiger charge is 2.11. The fourth-order valence-corrected chi connectivity index (χ4v) is 2.61. The van der Waals surface area contributed by atoms with Gasteiger partial charge >= 0.3 is 0 Å². The molecule has 5 nitrogen and oxygen atoms in total. The number of benzene rings is 3. The van der Waals surface area contributed by atoms with Gasteiger partial charge in [0.05, 0.1) is 11.9 Å². The van der Waals surface area contributed by atoms with Gasteiger partial charge in [0, 0.05) is 11.1 Å². The van der Waals surface area contributed by atoms with Crippen molar-refractivity contribution in [2.24, 2.45) is 0 Å². The maximum atomic E-state index is 12.6. The van der Waals surface area contributed by atoms with Crippen LogP contribution in [0.5, 0.6) is 11.5 Å². The minimum Gasteiger partial charge on any atom is -0.455 e. The summed E-state index contributed by atoms with van der Waals surface area (Å²) in [5.74, 6) is 1.72. The first kappa shape index (κ1) is 16.6. The zero-order valence-corrected chi connectivity index (χ0v) is 14.3. The smallest absolute Gasteiger partial charge is 0.255 e. The van der Waals surface area contributed by atoms with E-state index in [0.717, 1.165) is 5.56 Å². The third kappa shape index (κ3) is 3.88. The molecule has 27 heavy (non-hydrogen) atoms. The fraction of sp³-hybridized carbons (Fsp3) is 0. The van der Waals surface area contributed by atoms with Gasteiger partial charge in [0.25, 0.3) is 5.91 Å². The molecule has 1 amide bonds. The van der Waals surface area contributed by atoms with Crippen LogP contribution in [0.4, 0.5) is 5.69 Å². The van der Waals surface area contributed by atoms with Crippen molar-refractivity contribution in [2.45, 2.75) is 0 Å². The summed E-state index contributed by atoms with van der Waals surface area (Å²) in [4.78, 5) is 16.5. The van der Waals surface area contributed by atoms with Crippen molar-refractivity contribution in [3.63, 3.8) is 0 Å². The van der Waals surface area contributed by atoms with Crippen molar-refractivity contribution in [2.75, 3.05) is 5.32 Å². The third-order valence-corrected chi connectivity index (χ3v) is 3.97. The van der Waals surface area contributed by atoms with E-state index in [1.807, 2.05) is 60.7 Å². The number of nitrogens with one attached hydrogen (secondary N) is 1. The van der Waals surface area contributed by atoms with Gasteiger partial charge in [-0.15, -0.1) is 0 Å². The van der Waals surface area contributed by atoms with Crippen molar-refractivity contribution < 1.29 is 13.9 Å². The molecule has 0 radical (unpaired) electrons. The second-order valence-corrected chi connectivity index (χ2v) is 5.81. The summed E-state index contributed by atoms with van der Waals surface area (Å²) in [6.45, 7) is 0. The summed E-state index contributed by atoms with van der Waals surface area (Å²) >= 11 is 0. The Balaban J connectivity index is 1.51. The number of carbonyl (C=O) groups is 1. The lowest BCUT2D eigenvalue weighted by Crippen LogP contribution is -2.12.